The monoisotopic (exact) mass is 389 g/mol. The zero-order valence-electron chi connectivity index (χ0n) is 16.0. The molecule has 1 aliphatic heterocycles. The number of halogens is 1. The zero-order valence-corrected chi connectivity index (χ0v) is 16.7. The van der Waals surface area contributed by atoms with Crippen LogP contribution in [0.5, 0.6) is 17.2 Å². The van der Waals surface area contributed by atoms with Gasteiger partial charge in [-0.2, -0.15) is 0 Å². The van der Waals surface area contributed by atoms with Crippen LogP contribution in [0.2, 0.25) is 5.02 Å². The van der Waals surface area contributed by atoms with Crippen LogP contribution in [-0.4, -0.2) is 25.2 Å². The van der Waals surface area contributed by atoms with Crippen LogP contribution in [-0.2, 0) is 4.79 Å². The number of fused-ring (bicyclic) bond motifs is 1. The molecule has 6 heteroatoms. The van der Waals surface area contributed by atoms with E-state index in [9.17, 15) is 4.79 Å². The molecule has 0 aromatic heterocycles. The molecule has 5 nitrogen and oxygen atoms in total. The fourth-order valence-electron chi connectivity index (χ4n) is 3.18. The van der Waals surface area contributed by atoms with Gasteiger partial charge in [-0.3, -0.25) is 4.79 Å². The summed E-state index contributed by atoms with van der Waals surface area (Å²) in [5.41, 5.74) is 1.44. The van der Waals surface area contributed by atoms with E-state index < -0.39 is 5.60 Å². The standard InChI is InChI=1S/C21H24ClNO4/c1-13-9-15(6-8-17(13)22)26-12-20(24)23-18-11-21(2,3)27-19-10-14(25-4)5-7-16(18)19/h5-10,18H,11-12H2,1-4H3,(H,23,24)/t18-/m0/s1. The number of rotatable bonds is 5. The third-order valence-electron chi connectivity index (χ3n) is 4.51. The van der Waals surface area contributed by atoms with Gasteiger partial charge in [0.25, 0.3) is 5.91 Å². The molecule has 1 amide bonds. The minimum absolute atomic E-state index is 0.0651. The first-order valence-corrected chi connectivity index (χ1v) is 9.20. The molecule has 0 aliphatic carbocycles. The van der Waals surface area contributed by atoms with E-state index in [4.69, 9.17) is 25.8 Å². The van der Waals surface area contributed by atoms with Gasteiger partial charge >= 0.3 is 0 Å². The third-order valence-corrected chi connectivity index (χ3v) is 4.94. The summed E-state index contributed by atoms with van der Waals surface area (Å²) in [4.78, 5) is 12.5. The molecule has 0 fully saturated rings. The molecule has 2 aromatic carbocycles. The number of nitrogens with one attached hydrogen (secondary N) is 1. The Morgan fingerprint density at radius 2 is 2.00 bits per heavy atom. The van der Waals surface area contributed by atoms with Crippen molar-refractivity contribution in [3.63, 3.8) is 0 Å². The van der Waals surface area contributed by atoms with E-state index in [-0.39, 0.29) is 18.6 Å². The molecule has 144 valence electrons. The lowest BCUT2D eigenvalue weighted by Gasteiger charge is -2.38. The average molecular weight is 390 g/mol. The number of ether oxygens (including phenoxy) is 3. The van der Waals surface area contributed by atoms with Crippen LogP contribution in [0.3, 0.4) is 0 Å². The topological polar surface area (TPSA) is 56.8 Å². The van der Waals surface area contributed by atoms with Crippen molar-refractivity contribution in [3.05, 3.63) is 52.5 Å². The maximum Gasteiger partial charge on any atom is 0.258 e. The Bertz CT molecular complexity index is 850. The highest BCUT2D eigenvalue weighted by atomic mass is 35.5. The Labute approximate surface area is 164 Å². The number of hydrogen-bond acceptors (Lipinski definition) is 4. The largest absolute Gasteiger partial charge is 0.497 e. The molecule has 1 heterocycles. The average Bonchev–Trinajstić information content (AvgIpc) is 2.61. The lowest BCUT2D eigenvalue weighted by molar-refractivity contribution is -0.124. The Balaban J connectivity index is 1.69. The number of aryl methyl sites for hydroxylation is 1. The Hall–Kier alpha value is -2.40. The maximum absolute atomic E-state index is 12.5. The minimum Gasteiger partial charge on any atom is -0.497 e. The number of carbonyl (C=O) groups excluding carboxylic acids is 1. The van der Waals surface area contributed by atoms with Crippen molar-refractivity contribution in [2.75, 3.05) is 13.7 Å². The van der Waals surface area contributed by atoms with Crippen LogP contribution in [0.25, 0.3) is 0 Å². The fourth-order valence-corrected chi connectivity index (χ4v) is 3.30. The van der Waals surface area contributed by atoms with Gasteiger partial charge in [0.15, 0.2) is 6.61 Å². The second-order valence-corrected chi connectivity index (χ2v) is 7.70. The summed E-state index contributed by atoms with van der Waals surface area (Å²) in [6.45, 7) is 5.83. The maximum atomic E-state index is 12.5. The zero-order chi connectivity index (χ0) is 19.6. The molecular weight excluding hydrogens is 366 g/mol. The first kappa shape index (κ1) is 19.4. The fraction of sp³-hybridized carbons (Fsp3) is 0.381. The summed E-state index contributed by atoms with van der Waals surface area (Å²) in [5.74, 6) is 1.87. The van der Waals surface area contributed by atoms with E-state index in [0.29, 0.717) is 17.2 Å². The predicted molar refractivity (Wildman–Crippen MR) is 105 cm³/mol. The van der Waals surface area contributed by atoms with Gasteiger partial charge in [0, 0.05) is 23.1 Å². The lowest BCUT2D eigenvalue weighted by Crippen LogP contribution is -2.42. The van der Waals surface area contributed by atoms with Crippen molar-refractivity contribution in [2.24, 2.45) is 0 Å². The summed E-state index contributed by atoms with van der Waals surface area (Å²) >= 11 is 6.01. The molecule has 2 aromatic rings. The van der Waals surface area contributed by atoms with Gasteiger partial charge in [-0.05, 0) is 56.7 Å². The van der Waals surface area contributed by atoms with Crippen LogP contribution in [0.4, 0.5) is 0 Å². The van der Waals surface area contributed by atoms with E-state index >= 15 is 0 Å². The second-order valence-electron chi connectivity index (χ2n) is 7.29. The number of methoxy groups -OCH3 is 1. The van der Waals surface area contributed by atoms with Gasteiger partial charge < -0.3 is 19.5 Å². The van der Waals surface area contributed by atoms with Crippen molar-refractivity contribution in [1.29, 1.82) is 0 Å². The molecule has 27 heavy (non-hydrogen) atoms. The summed E-state index contributed by atoms with van der Waals surface area (Å²) < 4.78 is 16.9. The number of benzene rings is 2. The molecule has 1 atom stereocenters. The quantitative estimate of drug-likeness (QED) is 0.820. The number of hydrogen-bond donors (Lipinski definition) is 1. The van der Waals surface area contributed by atoms with Crippen LogP contribution >= 0.6 is 11.6 Å². The minimum atomic E-state index is -0.397. The summed E-state index contributed by atoms with van der Waals surface area (Å²) in [6, 6.07) is 10.8. The lowest BCUT2D eigenvalue weighted by atomic mass is 9.89. The molecule has 0 saturated heterocycles. The second kappa shape index (κ2) is 7.69. The van der Waals surface area contributed by atoms with Crippen LogP contribution in [0.15, 0.2) is 36.4 Å². The van der Waals surface area contributed by atoms with Gasteiger partial charge in [-0.25, -0.2) is 0 Å². The van der Waals surface area contributed by atoms with Crippen molar-refractivity contribution >= 4 is 17.5 Å². The molecule has 0 unspecified atom stereocenters. The van der Waals surface area contributed by atoms with E-state index in [1.807, 2.05) is 45.0 Å². The first-order valence-electron chi connectivity index (χ1n) is 8.83. The molecule has 0 radical (unpaired) electrons. The number of carbonyl (C=O) groups is 1. The first-order chi connectivity index (χ1) is 12.8. The van der Waals surface area contributed by atoms with E-state index in [1.54, 1.807) is 19.2 Å². The Morgan fingerprint density at radius 3 is 2.70 bits per heavy atom. The van der Waals surface area contributed by atoms with E-state index in [1.165, 1.54) is 0 Å². The molecular formula is C21H24ClNO4. The highest BCUT2D eigenvalue weighted by Crippen LogP contribution is 2.41. The van der Waals surface area contributed by atoms with Gasteiger partial charge in [0.05, 0.1) is 13.2 Å². The molecule has 0 spiro atoms. The van der Waals surface area contributed by atoms with Crippen molar-refractivity contribution in [3.8, 4) is 17.2 Å². The summed E-state index contributed by atoms with van der Waals surface area (Å²) in [7, 11) is 1.62. The van der Waals surface area contributed by atoms with Crippen LogP contribution < -0.4 is 19.5 Å². The van der Waals surface area contributed by atoms with Crippen molar-refractivity contribution < 1.29 is 19.0 Å². The molecule has 1 aliphatic rings. The molecule has 1 N–H and O–H groups in total. The van der Waals surface area contributed by atoms with Crippen LogP contribution in [0, 0.1) is 6.92 Å². The Kier molecular flexibility index (Phi) is 5.51. The SMILES string of the molecule is COc1ccc2c(c1)OC(C)(C)C[C@@H]2NC(=O)COc1ccc(Cl)c(C)c1. The molecule has 0 bridgehead atoms. The van der Waals surface area contributed by atoms with Gasteiger partial charge in [0.2, 0.25) is 0 Å². The highest BCUT2D eigenvalue weighted by Gasteiger charge is 2.34. The van der Waals surface area contributed by atoms with Crippen LogP contribution in [0.1, 0.15) is 37.4 Å². The van der Waals surface area contributed by atoms with Gasteiger partial charge in [-0.1, -0.05) is 11.6 Å². The number of amides is 1. The van der Waals surface area contributed by atoms with E-state index in [2.05, 4.69) is 5.32 Å². The molecule has 3 rings (SSSR count). The van der Waals surface area contributed by atoms with Crippen molar-refractivity contribution in [1.82, 2.24) is 5.32 Å². The van der Waals surface area contributed by atoms with Crippen molar-refractivity contribution in [2.45, 2.75) is 38.8 Å². The molecule has 0 saturated carbocycles. The highest BCUT2D eigenvalue weighted by molar-refractivity contribution is 6.31. The smallest absolute Gasteiger partial charge is 0.258 e. The summed E-state index contributed by atoms with van der Waals surface area (Å²) in [5, 5.41) is 3.72. The summed E-state index contributed by atoms with van der Waals surface area (Å²) in [6.07, 6.45) is 0.665. The van der Waals surface area contributed by atoms with Gasteiger partial charge in [-0.15, -0.1) is 0 Å². The van der Waals surface area contributed by atoms with E-state index in [0.717, 1.165) is 22.6 Å². The third kappa shape index (κ3) is 4.66. The Morgan fingerprint density at radius 1 is 1.26 bits per heavy atom. The normalized spacial score (nSPS) is 17.4. The predicted octanol–water partition coefficient (Wildman–Crippen LogP) is 4.45. The van der Waals surface area contributed by atoms with Gasteiger partial charge in [0.1, 0.15) is 22.8 Å².